The molecule has 176 valence electrons. The minimum atomic E-state index is -3.63. The number of methoxy groups -OCH3 is 1. The number of amides is 1. The monoisotopic (exact) mass is 488 g/mol. The molecule has 0 radical (unpaired) electrons. The lowest BCUT2D eigenvalue weighted by molar-refractivity contribution is 0.0752. The minimum Gasteiger partial charge on any atom is -0.493 e. The number of carbonyl (C=O) groups excluding carboxylic acids is 1. The van der Waals surface area contributed by atoms with Gasteiger partial charge in [0.05, 0.1) is 12.0 Å². The van der Waals surface area contributed by atoms with Gasteiger partial charge in [-0.25, -0.2) is 12.7 Å². The molecule has 0 N–H and O–H groups in total. The van der Waals surface area contributed by atoms with Crippen molar-refractivity contribution in [3.8, 4) is 11.5 Å². The number of benzene rings is 2. The van der Waals surface area contributed by atoms with Crippen LogP contribution in [-0.4, -0.2) is 51.3 Å². The molecule has 0 bridgehead atoms. The van der Waals surface area contributed by atoms with Crippen molar-refractivity contribution in [3.63, 3.8) is 0 Å². The summed E-state index contributed by atoms with van der Waals surface area (Å²) < 4.78 is 37.4. The highest BCUT2D eigenvalue weighted by Gasteiger charge is 2.21. The van der Waals surface area contributed by atoms with Gasteiger partial charge in [0.25, 0.3) is 5.91 Å². The van der Waals surface area contributed by atoms with Crippen LogP contribution in [0.2, 0.25) is 0 Å². The van der Waals surface area contributed by atoms with Crippen LogP contribution in [0, 0.1) is 0 Å². The summed E-state index contributed by atoms with van der Waals surface area (Å²) in [4.78, 5) is 16.0. The Bertz CT molecular complexity index is 1190. The molecular weight excluding hydrogens is 460 g/mol. The summed E-state index contributed by atoms with van der Waals surface area (Å²) in [6.45, 7) is 3.15. The molecule has 2 aromatic carbocycles. The summed E-state index contributed by atoms with van der Waals surface area (Å²) in [6, 6.07) is 15.7. The Morgan fingerprint density at radius 3 is 2.45 bits per heavy atom. The second kappa shape index (κ2) is 10.8. The highest BCUT2D eigenvalue weighted by Crippen LogP contribution is 2.30. The molecule has 7 nitrogen and oxygen atoms in total. The van der Waals surface area contributed by atoms with Gasteiger partial charge in [0.1, 0.15) is 6.61 Å². The number of rotatable bonds is 10. The Balaban J connectivity index is 1.77. The second-order valence-corrected chi connectivity index (χ2v) is 10.7. The highest BCUT2D eigenvalue weighted by atomic mass is 32.2. The standard InChI is InChI=1S/C24H28N2O5S2/c1-5-26(24(27)19-8-6-10-21(15-19)33(28,29)25(2)3)16-18-11-12-22(23(14-18)30-4)31-17-20-9-7-13-32-20/h6-15H,5,16-17H2,1-4H3. The van der Waals surface area contributed by atoms with Crippen LogP contribution < -0.4 is 9.47 Å². The van der Waals surface area contributed by atoms with Gasteiger partial charge in [-0.15, -0.1) is 11.3 Å². The van der Waals surface area contributed by atoms with Gasteiger partial charge >= 0.3 is 0 Å². The first-order valence-electron chi connectivity index (χ1n) is 10.4. The number of hydrogen-bond acceptors (Lipinski definition) is 6. The number of thiophene rings is 1. The first kappa shape index (κ1) is 24.8. The molecule has 0 aliphatic carbocycles. The summed E-state index contributed by atoms with van der Waals surface area (Å²) in [7, 11) is 0.876. The van der Waals surface area contributed by atoms with E-state index in [-0.39, 0.29) is 10.8 Å². The second-order valence-electron chi connectivity index (χ2n) is 7.49. The van der Waals surface area contributed by atoms with Crippen LogP contribution in [0.1, 0.15) is 27.7 Å². The Morgan fingerprint density at radius 1 is 1.03 bits per heavy atom. The summed E-state index contributed by atoms with van der Waals surface area (Å²) in [5.74, 6) is 0.975. The van der Waals surface area contributed by atoms with Gasteiger partial charge in [-0.2, -0.15) is 0 Å². The van der Waals surface area contributed by atoms with E-state index in [2.05, 4.69) is 0 Å². The molecule has 0 aliphatic heterocycles. The molecule has 0 unspecified atom stereocenters. The third kappa shape index (κ3) is 5.93. The fourth-order valence-electron chi connectivity index (χ4n) is 3.20. The quantitative estimate of drug-likeness (QED) is 0.427. The maximum absolute atomic E-state index is 13.1. The molecule has 0 saturated carbocycles. The van der Waals surface area contributed by atoms with Crippen LogP contribution in [0.15, 0.2) is 64.9 Å². The van der Waals surface area contributed by atoms with Crippen molar-refractivity contribution in [2.24, 2.45) is 0 Å². The zero-order chi connectivity index (χ0) is 24.0. The average molecular weight is 489 g/mol. The van der Waals surface area contributed by atoms with E-state index >= 15 is 0 Å². The highest BCUT2D eigenvalue weighted by molar-refractivity contribution is 7.89. The van der Waals surface area contributed by atoms with E-state index < -0.39 is 10.0 Å². The summed E-state index contributed by atoms with van der Waals surface area (Å²) in [5, 5.41) is 2.00. The third-order valence-corrected chi connectivity index (χ3v) is 7.74. The van der Waals surface area contributed by atoms with Gasteiger partial charge in [0.15, 0.2) is 11.5 Å². The van der Waals surface area contributed by atoms with E-state index in [1.54, 1.807) is 35.5 Å². The first-order valence-corrected chi connectivity index (χ1v) is 12.7. The van der Waals surface area contributed by atoms with Crippen LogP contribution >= 0.6 is 11.3 Å². The zero-order valence-electron chi connectivity index (χ0n) is 19.1. The Morgan fingerprint density at radius 2 is 1.82 bits per heavy atom. The molecule has 33 heavy (non-hydrogen) atoms. The Labute approximate surface area is 199 Å². The fraction of sp³-hybridized carbons (Fsp3) is 0.292. The van der Waals surface area contributed by atoms with Crippen molar-refractivity contribution < 1.29 is 22.7 Å². The molecule has 3 aromatic rings. The summed E-state index contributed by atoms with van der Waals surface area (Å²) in [6.07, 6.45) is 0. The first-order chi connectivity index (χ1) is 15.8. The smallest absolute Gasteiger partial charge is 0.254 e. The molecule has 1 aromatic heterocycles. The third-order valence-electron chi connectivity index (χ3n) is 5.08. The normalized spacial score (nSPS) is 11.4. The molecule has 3 rings (SSSR count). The van der Waals surface area contributed by atoms with E-state index in [0.29, 0.717) is 36.8 Å². The summed E-state index contributed by atoms with van der Waals surface area (Å²) >= 11 is 1.62. The topological polar surface area (TPSA) is 76.1 Å². The molecular formula is C24H28N2O5S2. The SMILES string of the molecule is CCN(Cc1ccc(OCc2cccs2)c(OC)c1)C(=O)c1cccc(S(=O)(=O)N(C)C)c1. The van der Waals surface area contributed by atoms with Gasteiger partial charge in [0, 0.05) is 37.6 Å². The lowest BCUT2D eigenvalue weighted by Gasteiger charge is -2.22. The predicted molar refractivity (Wildman–Crippen MR) is 129 cm³/mol. The van der Waals surface area contributed by atoms with Crippen molar-refractivity contribution >= 4 is 27.3 Å². The molecule has 0 aliphatic rings. The Kier molecular flexibility index (Phi) is 8.12. The van der Waals surface area contributed by atoms with Gasteiger partial charge in [0.2, 0.25) is 10.0 Å². The van der Waals surface area contributed by atoms with Crippen molar-refractivity contribution in [2.45, 2.75) is 25.0 Å². The fourth-order valence-corrected chi connectivity index (χ4v) is 4.77. The average Bonchev–Trinajstić information content (AvgIpc) is 3.34. The number of nitrogens with zero attached hydrogens (tertiary/aromatic N) is 2. The number of sulfonamides is 1. The minimum absolute atomic E-state index is 0.0864. The molecule has 1 amide bonds. The lowest BCUT2D eigenvalue weighted by Crippen LogP contribution is -2.30. The van der Waals surface area contributed by atoms with E-state index in [1.165, 1.54) is 26.2 Å². The van der Waals surface area contributed by atoms with Crippen LogP contribution in [0.5, 0.6) is 11.5 Å². The van der Waals surface area contributed by atoms with Gasteiger partial charge in [-0.1, -0.05) is 18.2 Å². The van der Waals surface area contributed by atoms with Crippen molar-refractivity contribution in [2.75, 3.05) is 27.7 Å². The molecule has 1 heterocycles. The maximum atomic E-state index is 13.1. The predicted octanol–water partition coefficient (Wildman–Crippen LogP) is 4.25. The van der Waals surface area contributed by atoms with Crippen molar-refractivity contribution in [3.05, 3.63) is 76.0 Å². The molecule has 0 atom stereocenters. The summed E-state index contributed by atoms with van der Waals surface area (Å²) in [5.41, 5.74) is 1.20. The Hall–Kier alpha value is -2.88. The van der Waals surface area contributed by atoms with E-state index in [0.717, 1.165) is 14.7 Å². The number of carbonyl (C=O) groups is 1. The zero-order valence-corrected chi connectivity index (χ0v) is 20.8. The van der Waals surface area contributed by atoms with Gasteiger partial charge < -0.3 is 14.4 Å². The molecule has 0 saturated heterocycles. The van der Waals surface area contributed by atoms with Crippen LogP contribution in [0.3, 0.4) is 0 Å². The van der Waals surface area contributed by atoms with Crippen molar-refractivity contribution in [1.82, 2.24) is 9.21 Å². The molecule has 0 fully saturated rings. The van der Waals surface area contributed by atoms with Crippen LogP contribution in [0.4, 0.5) is 0 Å². The lowest BCUT2D eigenvalue weighted by atomic mass is 10.1. The van der Waals surface area contributed by atoms with E-state index in [1.807, 2.05) is 42.6 Å². The van der Waals surface area contributed by atoms with Crippen molar-refractivity contribution in [1.29, 1.82) is 0 Å². The number of hydrogen-bond donors (Lipinski definition) is 0. The van der Waals surface area contributed by atoms with Crippen LogP contribution in [0.25, 0.3) is 0 Å². The van der Waals surface area contributed by atoms with Gasteiger partial charge in [-0.05, 0) is 54.3 Å². The molecule has 0 spiro atoms. The van der Waals surface area contributed by atoms with Crippen LogP contribution in [-0.2, 0) is 23.2 Å². The number of ether oxygens (including phenoxy) is 2. The molecule has 9 heteroatoms. The largest absolute Gasteiger partial charge is 0.493 e. The maximum Gasteiger partial charge on any atom is 0.254 e. The van der Waals surface area contributed by atoms with Gasteiger partial charge in [-0.3, -0.25) is 4.79 Å². The van der Waals surface area contributed by atoms with E-state index in [4.69, 9.17) is 9.47 Å². The van der Waals surface area contributed by atoms with E-state index in [9.17, 15) is 13.2 Å².